The van der Waals surface area contributed by atoms with Gasteiger partial charge in [0.1, 0.15) is 5.57 Å². The second-order valence-electron chi connectivity index (χ2n) is 6.02. The van der Waals surface area contributed by atoms with E-state index in [1.807, 2.05) is 19.1 Å². The van der Waals surface area contributed by atoms with Crippen LogP contribution in [0.4, 0.5) is 5.69 Å². The summed E-state index contributed by atoms with van der Waals surface area (Å²) in [5.74, 6) is -0.955. The van der Waals surface area contributed by atoms with Gasteiger partial charge in [-0.25, -0.2) is 0 Å². The summed E-state index contributed by atoms with van der Waals surface area (Å²) in [6, 6.07) is 10.4. The van der Waals surface area contributed by atoms with E-state index in [-0.39, 0.29) is 22.2 Å². The SMILES string of the molecule is CCc1ccc(N2C(=O)C(=Cc3cc(OC)c(O)cc3Br)C(=O)NC2=S)cc1. The van der Waals surface area contributed by atoms with Crippen LogP contribution in [-0.4, -0.2) is 29.1 Å². The number of rotatable bonds is 4. The quantitative estimate of drug-likeness (QED) is 0.414. The Kier molecular flexibility index (Phi) is 5.81. The summed E-state index contributed by atoms with van der Waals surface area (Å²) in [4.78, 5) is 26.8. The van der Waals surface area contributed by atoms with Crippen molar-refractivity contribution in [2.45, 2.75) is 13.3 Å². The fourth-order valence-electron chi connectivity index (χ4n) is 2.76. The van der Waals surface area contributed by atoms with E-state index in [1.54, 1.807) is 12.1 Å². The highest BCUT2D eigenvalue weighted by atomic mass is 79.9. The molecule has 0 spiro atoms. The van der Waals surface area contributed by atoms with Gasteiger partial charge in [0.2, 0.25) is 0 Å². The molecule has 0 aromatic heterocycles. The van der Waals surface area contributed by atoms with Crippen LogP contribution in [0, 0.1) is 0 Å². The van der Waals surface area contributed by atoms with Crippen molar-refractivity contribution in [2.75, 3.05) is 12.0 Å². The molecule has 0 atom stereocenters. The van der Waals surface area contributed by atoms with Crippen LogP contribution in [0.5, 0.6) is 11.5 Å². The Morgan fingerprint density at radius 1 is 1.25 bits per heavy atom. The maximum absolute atomic E-state index is 13.1. The molecule has 28 heavy (non-hydrogen) atoms. The molecule has 0 radical (unpaired) electrons. The predicted octanol–water partition coefficient (Wildman–Crippen LogP) is 3.56. The average Bonchev–Trinajstić information content (AvgIpc) is 2.67. The van der Waals surface area contributed by atoms with Crippen LogP contribution >= 0.6 is 28.1 Å². The van der Waals surface area contributed by atoms with Gasteiger partial charge in [-0.2, -0.15) is 0 Å². The van der Waals surface area contributed by atoms with Gasteiger partial charge in [-0.15, -0.1) is 0 Å². The van der Waals surface area contributed by atoms with E-state index < -0.39 is 11.8 Å². The molecular formula is C20H17BrN2O4S. The topological polar surface area (TPSA) is 78.9 Å². The third-order valence-corrected chi connectivity index (χ3v) is 5.27. The number of hydrogen-bond donors (Lipinski definition) is 2. The van der Waals surface area contributed by atoms with Crippen LogP contribution in [0.3, 0.4) is 0 Å². The number of nitrogens with one attached hydrogen (secondary N) is 1. The summed E-state index contributed by atoms with van der Waals surface area (Å²) in [6.07, 6.45) is 2.30. The Morgan fingerprint density at radius 2 is 1.93 bits per heavy atom. The third kappa shape index (κ3) is 3.79. The molecule has 0 bridgehead atoms. The number of carbonyl (C=O) groups is 2. The average molecular weight is 461 g/mol. The molecule has 144 valence electrons. The van der Waals surface area contributed by atoms with Crippen LogP contribution < -0.4 is 15.0 Å². The van der Waals surface area contributed by atoms with Crippen molar-refractivity contribution in [2.24, 2.45) is 0 Å². The van der Waals surface area contributed by atoms with Crippen molar-refractivity contribution in [3.8, 4) is 11.5 Å². The summed E-state index contributed by atoms with van der Waals surface area (Å²) in [6.45, 7) is 2.04. The molecule has 2 amide bonds. The van der Waals surface area contributed by atoms with E-state index in [0.29, 0.717) is 15.7 Å². The molecule has 6 nitrogen and oxygen atoms in total. The standard InChI is InChI=1S/C20H17BrN2O4S/c1-3-11-4-6-13(7-5-11)23-19(26)14(18(25)22-20(23)28)8-12-9-17(27-2)16(24)10-15(12)21/h4-10,24H,3H2,1-2H3,(H,22,25,28). The molecule has 1 heterocycles. The number of amides is 2. The highest BCUT2D eigenvalue weighted by molar-refractivity contribution is 9.10. The molecule has 0 saturated carbocycles. The van der Waals surface area contributed by atoms with E-state index in [9.17, 15) is 14.7 Å². The Morgan fingerprint density at radius 3 is 2.54 bits per heavy atom. The van der Waals surface area contributed by atoms with E-state index in [1.165, 1.54) is 30.2 Å². The molecular weight excluding hydrogens is 444 g/mol. The lowest BCUT2D eigenvalue weighted by Gasteiger charge is -2.29. The smallest absolute Gasteiger partial charge is 0.270 e. The summed E-state index contributed by atoms with van der Waals surface area (Å²) in [5.41, 5.74) is 2.11. The number of ether oxygens (including phenoxy) is 1. The molecule has 1 aliphatic heterocycles. The van der Waals surface area contributed by atoms with E-state index in [4.69, 9.17) is 17.0 Å². The first kappa shape index (κ1) is 20.0. The molecule has 2 N–H and O–H groups in total. The van der Waals surface area contributed by atoms with Gasteiger partial charge in [0, 0.05) is 4.47 Å². The van der Waals surface area contributed by atoms with E-state index in [2.05, 4.69) is 21.2 Å². The lowest BCUT2D eigenvalue weighted by Crippen LogP contribution is -2.54. The molecule has 2 aromatic carbocycles. The minimum atomic E-state index is -0.588. The van der Waals surface area contributed by atoms with Gasteiger partial charge < -0.3 is 9.84 Å². The Hall–Kier alpha value is -2.71. The number of phenols is 1. The molecule has 8 heteroatoms. The number of methoxy groups -OCH3 is 1. The molecule has 1 aliphatic rings. The zero-order valence-electron chi connectivity index (χ0n) is 15.2. The number of carbonyl (C=O) groups excluding carboxylic acids is 2. The molecule has 3 rings (SSSR count). The lowest BCUT2D eigenvalue weighted by molar-refractivity contribution is -0.122. The van der Waals surface area contributed by atoms with Gasteiger partial charge >= 0.3 is 0 Å². The second kappa shape index (κ2) is 8.12. The summed E-state index contributed by atoms with van der Waals surface area (Å²) in [7, 11) is 1.42. The van der Waals surface area contributed by atoms with Crippen LogP contribution in [0.25, 0.3) is 6.08 Å². The highest BCUT2D eigenvalue weighted by Gasteiger charge is 2.34. The summed E-state index contributed by atoms with van der Waals surface area (Å²) in [5, 5.41) is 12.4. The fraction of sp³-hybridized carbons (Fsp3) is 0.150. The Bertz CT molecular complexity index is 1000. The lowest BCUT2D eigenvalue weighted by atomic mass is 10.1. The normalized spacial score (nSPS) is 15.8. The third-order valence-electron chi connectivity index (χ3n) is 4.30. The van der Waals surface area contributed by atoms with Crippen molar-refractivity contribution < 1.29 is 19.4 Å². The number of hydrogen-bond acceptors (Lipinski definition) is 5. The first-order chi connectivity index (χ1) is 13.3. The van der Waals surface area contributed by atoms with Gasteiger partial charge in [-0.05, 0) is 60.1 Å². The molecule has 0 aliphatic carbocycles. The Labute approximate surface area is 175 Å². The van der Waals surface area contributed by atoms with Crippen LogP contribution in [0.2, 0.25) is 0 Å². The van der Waals surface area contributed by atoms with E-state index in [0.717, 1.165) is 12.0 Å². The fourth-order valence-corrected chi connectivity index (χ4v) is 3.49. The van der Waals surface area contributed by atoms with Crippen LogP contribution in [-0.2, 0) is 16.0 Å². The number of phenolic OH excluding ortho intramolecular Hbond substituents is 1. The highest BCUT2D eigenvalue weighted by Crippen LogP contribution is 2.34. The van der Waals surface area contributed by atoms with Crippen molar-refractivity contribution >= 4 is 56.8 Å². The maximum Gasteiger partial charge on any atom is 0.270 e. The predicted molar refractivity (Wildman–Crippen MR) is 114 cm³/mol. The zero-order valence-corrected chi connectivity index (χ0v) is 17.6. The van der Waals surface area contributed by atoms with E-state index >= 15 is 0 Å². The monoisotopic (exact) mass is 460 g/mol. The number of thiocarbonyl (C=S) groups is 1. The van der Waals surface area contributed by atoms with Gasteiger partial charge in [0.05, 0.1) is 12.8 Å². The minimum Gasteiger partial charge on any atom is -0.504 e. The van der Waals surface area contributed by atoms with Crippen LogP contribution in [0.1, 0.15) is 18.1 Å². The largest absolute Gasteiger partial charge is 0.504 e. The maximum atomic E-state index is 13.1. The zero-order chi connectivity index (χ0) is 20.4. The number of nitrogens with zero attached hydrogens (tertiary/aromatic N) is 1. The van der Waals surface area contributed by atoms with Crippen molar-refractivity contribution in [3.05, 3.63) is 57.6 Å². The summed E-state index contributed by atoms with van der Waals surface area (Å²) >= 11 is 8.53. The van der Waals surface area contributed by atoms with Crippen LogP contribution in [0.15, 0.2) is 46.4 Å². The molecule has 0 unspecified atom stereocenters. The number of aryl methyl sites for hydroxylation is 1. The Balaban J connectivity index is 2.03. The second-order valence-corrected chi connectivity index (χ2v) is 7.26. The summed E-state index contributed by atoms with van der Waals surface area (Å²) < 4.78 is 5.60. The first-order valence-electron chi connectivity index (χ1n) is 8.42. The molecule has 2 aromatic rings. The first-order valence-corrected chi connectivity index (χ1v) is 9.62. The molecule has 1 fully saturated rings. The van der Waals surface area contributed by atoms with Crippen molar-refractivity contribution in [3.63, 3.8) is 0 Å². The van der Waals surface area contributed by atoms with Crippen molar-refractivity contribution in [1.29, 1.82) is 0 Å². The van der Waals surface area contributed by atoms with Gasteiger partial charge in [-0.1, -0.05) is 35.0 Å². The number of halogens is 1. The van der Waals surface area contributed by atoms with Crippen molar-refractivity contribution in [1.82, 2.24) is 5.32 Å². The van der Waals surface area contributed by atoms with Gasteiger partial charge in [0.15, 0.2) is 16.6 Å². The number of aromatic hydroxyl groups is 1. The molecule has 1 saturated heterocycles. The number of benzene rings is 2. The number of anilines is 1. The minimum absolute atomic E-state index is 0.0266. The van der Waals surface area contributed by atoms with Gasteiger partial charge in [-0.3, -0.25) is 19.8 Å². The van der Waals surface area contributed by atoms with Gasteiger partial charge in [0.25, 0.3) is 11.8 Å².